The van der Waals surface area contributed by atoms with Crippen molar-refractivity contribution in [2.75, 3.05) is 25.5 Å². The fourth-order valence-electron chi connectivity index (χ4n) is 4.16. The van der Waals surface area contributed by atoms with E-state index in [-0.39, 0.29) is 11.8 Å². The van der Waals surface area contributed by atoms with E-state index in [4.69, 9.17) is 4.74 Å². The summed E-state index contributed by atoms with van der Waals surface area (Å²) in [6.45, 7) is 2.27. The van der Waals surface area contributed by atoms with Gasteiger partial charge in [-0.05, 0) is 62.3 Å². The largest absolute Gasteiger partial charge is 0.465 e. The highest BCUT2D eigenvalue weighted by Crippen LogP contribution is 2.30. The first-order valence-electron chi connectivity index (χ1n) is 10.3. The molecule has 1 N–H and O–H groups in total. The number of amides is 1. The molecule has 0 saturated carbocycles. The average molecular weight is 464 g/mol. The molecule has 1 aliphatic heterocycles. The smallest absolute Gasteiger partial charge is 0.350 e. The minimum Gasteiger partial charge on any atom is -0.465 e. The van der Waals surface area contributed by atoms with Gasteiger partial charge in [0.05, 0.1) is 17.7 Å². The summed E-state index contributed by atoms with van der Waals surface area (Å²) in [5.41, 5.74) is 2.87. The van der Waals surface area contributed by atoms with Gasteiger partial charge in [0, 0.05) is 19.0 Å². The van der Waals surface area contributed by atoms with Crippen LogP contribution in [-0.4, -0.2) is 49.8 Å². The van der Waals surface area contributed by atoms with Gasteiger partial charge < -0.3 is 10.1 Å². The molecule has 1 saturated heterocycles. The van der Waals surface area contributed by atoms with Crippen molar-refractivity contribution >= 4 is 38.4 Å². The van der Waals surface area contributed by atoms with Crippen LogP contribution in [0.5, 0.6) is 0 Å². The van der Waals surface area contributed by atoms with Crippen LogP contribution >= 0.6 is 11.3 Å². The normalized spacial score (nSPS) is 17.4. The Hall–Kier alpha value is -2.30. The number of aryl methyl sites for hydroxylation is 3. The molecule has 0 spiro atoms. The molecule has 0 radical (unpaired) electrons. The first kappa shape index (κ1) is 21.9. The van der Waals surface area contributed by atoms with Crippen molar-refractivity contribution in [1.29, 1.82) is 0 Å². The lowest BCUT2D eigenvalue weighted by atomic mass is 9.97. The van der Waals surface area contributed by atoms with Gasteiger partial charge in [0.15, 0.2) is 5.13 Å². The van der Waals surface area contributed by atoms with Crippen LogP contribution in [-0.2, 0) is 32.4 Å². The van der Waals surface area contributed by atoms with Gasteiger partial charge in [-0.3, -0.25) is 4.79 Å². The predicted octanol–water partition coefficient (Wildman–Crippen LogP) is 2.77. The maximum Gasteiger partial charge on any atom is 0.350 e. The number of nitrogens with zero attached hydrogens (tertiary/aromatic N) is 2. The van der Waals surface area contributed by atoms with Gasteiger partial charge in [-0.25, -0.2) is 18.2 Å². The third-order valence-electron chi connectivity index (χ3n) is 5.93. The maximum absolute atomic E-state index is 13.1. The van der Waals surface area contributed by atoms with Gasteiger partial charge in [-0.1, -0.05) is 17.4 Å². The van der Waals surface area contributed by atoms with Crippen molar-refractivity contribution in [1.82, 2.24) is 9.29 Å². The van der Waals surface area contributed by atoms with E-state index in [0.717, 1.165) is 36.2 Å². The third-order valence-corrected chi connectivity index (χ3v) is 8.88. The molecule has 1 aliphatic carbocycles. The quantitative estimate of drug-likeness (QED) is 0.684. The van der Waals surface area contributed by atoms with Crippen molar-refractivity contribution in [3.63, 3.8) is 0 Å². The number of ether oxygens (including phenoxy) is 1. The molecule has 8 nitrogen and oxygen atoms in total. The highest BCUT2D eigenvalue weighted by Gasteiger charge is 2.33. The Balaban J connectivity index is 1.38. The van der Waals surface area contributed by atoms with Gasteiger partial charge in [-0.2, -0.15) is 4.31 Å². The van der Waals surface area contributed by atoms with Crippen LogP contribution in [0.3, 0.4) is 0 Å². The number of hydrogen-bond donors (Lipinski definition) is 1. The number of methoxy groups -OCH3 is 1. The van der Waals surface area contributed by atoms with E-state index >= 15 is 0 Å². The van der Waals surface area contributed by atoms with Gasteiger partial charge in [0.1, 0.15) is 4.88 Å². The predicted molar refractivity (Wildman–Crippen MR) is 117 cm³/mol. The Morgan fingerprint density at radius 3 is 2.61 bits per heavy atom. The molecular formula is C21H25N3O5S2. The lowest BCUT2D eigenvalue weighted by Crippen LogP contribution is -2.41. The van der Waals surface area contributed by atoms with Crippen molar-refractivity contribution in [2.24, 2.45) is 5.92 Å². The maximum atomic E-state index is 13.1. The number of carbonyl (C=O) groups excluding carboxylic acids is 2. The lowest BCUT2D eigenvalue weighted by Gasteiger charge is -2.30. The Morgan fingerprint density at radius 1 is 1.19 bits per heavy atom. The summed E-state index contributed by atoms with van der Waals surface area (Å²) < 4.78 is 32.3. The Morgan fingerprint density at radius 2 is 1.90 bits per heavy atom. The highest BCUT2D eigenvalue weighted by atomic mass is 32.2. The number of carbonyl (C=O) groups is 2. The molecule has 4 rings (SSSR count). The SMILES string of the molecule is COC(=O)c1sc(NC(=O)C2CCN(S(=O)(=O)c3ccc4c(c3)CCC4)CC2)nc1C. The molecule has 166 valence electrons. The summed E-state index contributed by atoms with van der Waals surface area (Å²) in [6, 6.07) is 5.43. The number of fused-ring (bicyclic) bond motifs is 1. The van der Waals surface area contributed by atoms with Crippen LogP contribution in [0.4, 0.5) is 5.13 Å². The lowest BCUT2D eigenvalue weighted by molar-refractivity contribution is -0.120. The molecule has 31 heavy (non-hydrogen) atoms. The van der Waals surface area contributed by atoms with Crippen LogP contribution < -0.4 is 5.32 Å². The zero-order valence-corrected chi connectivity index (χ0v) is 19.1. The molecule has 1 fully saturated rings. The fourth-order valence-corrected chi connectivity index (χ4v) is 6.56. The summed E-state index contributed by atoms with van der Waals surface area (Å²) in [7, 11) is -2.27. The van der Waals surface area contributed by atoms with E-state index < -0.39 is 16.0 Å². The second-order valence-corrected chi connectivity index (χ2v) is 10.8. The number of aromatic nitrogens is 1. The molecule has 0 unspecified atom stereocenters. The number of nitrogens with one attached hydrogen (secondary N) is 1. The molecule has 0 atom stereocenters. The Kier molecular flexibility index (Phi) is 6.14. The Labute approximate surface area is 185 Å². The Bertz CT molecular complexity index is 1120. The number of sulfonamides is 1. The number of thiazole rings is 1. The summed E-state index contributed by atoms with van der Waals surface area (Å²) in [6.07, 6.45) is 3.87. The average Bonchev–Trinajstić information content (AvgIpc) is 3.38. The molecule has 2 heterocycles. The van der Waals surface area contributed by atoms with Gasteiger partial charge >= 0.3 is 5.97 Å². The monoisotopic (exact) mass is 463 g/mol. The second-order valence-electron chi connectivity index (χ2n) is 7.88. The van der Waals surface area contributed by atoms with Crippen LogP contribution in [0, 0.1) is 12.8 Å². The molecular weight excluding hydrogens is 438 g/mol. The van der Waals surface area contributed by atoms with Gasteiger partial charge in [-0.15, -0.1) is 0 Å². The van der Waals surface area contributed by atoms with E-state index in [1.807, 2.05) is 6.07 Å². The van der Waals surface area contributed by atoms with E-state index in [1.54, 1.807) is 19.1 Å². The van der Waals surface area contributed by atoms with E-state index in [2.05, 4.69) is 10.3 Å². The van der Waals surface area contributed by atoms with Gasteiger partial charge in [0.2, 0.25) is 15.9 Å². The highest BCUT2D eigenvalue weighted by molar-refractivity contribution is 7.89. The molecule has 2 aromatic rings. The topological polar surface area (TPSA) is 106 Å². The summed E-state index contributed by atoms with van der Waals surface area (Å²) in [5.74, 6) is -1.00. The standard InChI is InChI=1S/C21H25N3O5S2/c1-13-18(20(26)29-2)30-21(22-13)23-19(25)15-8-10-24(11-9-15)31(27,28)17-7-6-14-4-3-5-16(14)12-17/h6-7,12,15H,3-5,8-11H2,1-2H3,(H,22,23,25). The zero-order chi connectivity index (χ0) is 22.2. The number of hydrogen-bond acceptors (Lipinski definition) is 7. The minimum absolute atomic E-state index is 0.209. The number of benzene rings is 1. The first-order valence-corrected chi connectivity index (χ1v) is 12.5. The molecule has 1 aromatic heterocycles. The van der Waals surface area contributed by atoms with Gasteiger partial charge in [0.25, 0.3) is 0 Å². The summed E-state index contributed by atoms with van der Waals surface area (Å²) >= 11 is 1.07. The molecule has 1 aromatic carbocycles. The van der Waals surface area contributed by atoms with E-state index in [1.165, 1.54) is 17.0 Å². The second kappa shape index (κ2) is 8.68. The third kappa shape index (κ3) is 4.37. The number of rotatable bonds is 5. The van der Waals surface area contributed by atoms with Crippen molar-refractivity contribution in [3.05, 3.63) is 39.9 Å². The van der Waals surface area contributed by atoms with Crippen molar-refractivity contribution in [2.45, 2.75) is 43.9 Å². The van der Waals surface area contributed by atoms with Crippen molar-refractivity contribution < 1.29 is 22.7 Å². The van der Waals surface area contributed by atoms with Crippen LogP contribution in [0.2, 0.25) is 0 Å². The van der Waals surface area contributed by atoms with Crippen LogP contribution in [0.15, 0.2) is 23.1 Å². The first-order chi connectivity index (χ1) is 14.8. The van der Waals surface area contributed by atoms with E-state index in [0.29, 0.717) is 46.5 Å². The number of esters is 1. The molecule has 1 amide bonds. The fraction of sp³-hybridized carbons (Fsp3) is 0.476. The minimum atomic E-state index is -3.57. The van der Waals surface area contributed by atoms with Crippen LogP contribution in [0.25, 0.3) is 0 Å². The van der Waals surface area contributed by atoms with Crippen LogP contribution in [0.1, 0.15) is 45.8 Å². The molecule has 2 aliphatic rings. The summed E-state index contributed by atoms with van der Waals surface area (Å²) in [5, 5.41) is 3.10. The zero-order valence-electron chi connectivity index (χ0n) is 17.5. The molecule has 0 bridgehead atoms. The van der Waals surface area contributed by atoms with Crippen molar-refractivity contribution in [3.8, 4) is 0 Å². The summed E-state index contributed by atoms with van der Waals surface area (Å²) in [4.78, 5) is 29.3. The van der Waals surface area contributed by atoms with E-state index in [9.17, 15) is 18.0 Å². The number of piperidine rings is 1. The number of anilines is 1. The molecule has 10 heteroatoms.